The van der Waals surface area contributed by atoms with E-state index in [1.54, 1.807) is 17.9 Å². The number of carboxylic acid groups (broad SMARTS) is 1. The van der Waals surface area contributed by atoms with Crippen LogP contribution >= 0.6 is 0 Å². The van der Waals surface area contributed by atoms with Crippen LogP contribution in [0.2, 0.25) is 0 Å². The van der Waals surface area contributed by atoms with Crippen LogP contribution in [0.25, 0.3) is 0 Å². The summed E-state index contributed by atoms with van der Waals surface area (Å²) in [7, 11) is -1.94. The van der Waals surface area contributed by atoms with Crippen molar-refractivity contribution in [3.63, 3.8) is 0 Å². The number of nitrogens with zero attached hydrogens (tertiary/aromatic N) is 3. The van der Waals surface area contributed by atoms with Gasteiger partial charge in [-0.15, -0.1) is 0 Å². The number of hydrogen-bond acceptors (Lipinski definition) is 4. The molecule has 2 heterocycles. The quantitative estimate of drug-likeness (QED) is 0.877. The van der Waals surface area contributed by atoms with Gasteiger partial charge in [0, 0.05) is 37.7 Å². The largest absolute Gasteiger partial charge is 0.481 e. The first-order chi connectivity index (χ1) is 10.6. The summed E-state index contributed by atoms with van der Waals surface area (Å²) in [6.07, 6.45) is 4.08. The lowest BCUT2D eigenvalue weighted by atomic mass is 9.87. The molecule has 1 aromatic rings. The average Bonchev–Trinajstić information content (AvgIpc) is 3.12. The summed E-state index contributed by atoms with van der Waals surface area (Å²) < 4.78 is 29.4. The van der Waals surface area contributed by atoms with Crippen LogP contribution in [0.15, 0.2) is 11.1 Å². The molecule has 0 aromatic carbocycles. The summed E-state index contributed by atoms with van der Waals surface area (Å²) in [5.74, 6) is -0.834. The second-order valence-electron chi connectivity index (χ2n) is 7.14. The Morgan fingerprint density at radius 2 is 2.04 bits per heavy atom. The Bertz CT molecular complexity index is 734. The number of carboxylic acids is 1. The molecule has 0 spiro atoms. The van der Waals surface area contributed by atoms with Crippen LogP contribution in [0.3, 0.4) is 0 Å². The molecule has 0 amide bonds. The molecule has 8 heteroatoms. The molecule has 0 radical (unpaired) electrons. The molecular formula is C15H23N3O4S. The maximum atomic E-state index is 13.2. The van der Waals surface area contributed by atoms with Crippen LogP contribution in [0.5, 0.6) is 0 Å². The number of aromatic nitrogens is 2. The number of aryl methyl sites for hydroxylation is 1. The van der Waals surface area contributed by atoms with Gasteiger partial charge in [-0.1, -0.05) is 0 Å². The lowest BCUT2D eigenvalue weighted by Gasteiger charge is -2.34. The summed E-state index contributed by atoms with van der Waals surface area (Å²) in [6, 6.07) is 0. The van der Waals surface area contributed by atoms with Crippen LogP contribution in [-0.2, 0) is 21.9 Å². The molecule has 2 aliphatic rings. The number of carbonyl (C=O) groups is 1. The summed E-state index contributed by atoms with van der Waals surface area (Å²) >= 11 is 0. The Hall–Kier alpha value is -1.41. The predicted octanol–water partition coefficient (Wildman–Crippen LogP) is 1.56. The molecule has 1 unspecified atom stereocenters. The third-order valence-electron chi connectivity index (χ3n) is 5.10. The van der Waals surface area contributed by atoms with Gasteiger partial charge in [-0.3, -0.25) is 9.48 Å². The molecule has 1 saturated carbocycles. The molecule has 128 valence electrons. The van der Waals surface area contributed by atoms with E-state index >= 15 is 0 Å². The first-order valence-corrected chi connectivity index (χ1v) is 9.36. The van der Waals surface area contributed by atoms with E-state index in [9.17, 15) is 13.2 Å². The first-order valence-electron chi connectivity index (χ1n) is 7.92. The fourth-order valence-electron chi connectivity index (χ4n) is 3.55. The zero-order valence-corrected chi connectivity index (χ0v) is 14.5. The van der Waals surface area contributed by atoms with Gasteiger partial charge in [0.15, 0.2) is 0 Å². The molecule has 3 rings (SSSR count). The van der Waals surface area contributed by atoms with Crippen molar-refractivity contribution in [2.45, 2.75) is 55.9 Å². The van der Waals surface area contributed by atoms with E-state index in [1.807, 2.05) is 13.8 Å². The fraction of sp³-hybridized carbons (Fsp3) is 0.733. The summed E-state index contributed by atoms with van der Waals surface area (Å²) in [4.78, 5) is 11.3. The smallest absolute Gasteiger partial charge is 0.303 e. The molecule has 1 N–H and O–H groups in total. The Balaban J connectivity index is 1.96. The maximum Gasteiger partial charge on any atom is 0.303 e. The minimum absolute atomic E-state index is 0.0124. The van der Waals surface area contributed by atoms with Crippen molar-refractivity contribution in [2.24, 2.45) is 13.0 Å². The van der Waals surface area contributed by atoms with Crippen LogP contribution in [0.4, 0.5) is 0 Å². The minimum atomic E-state index is -3.67. The van der Waals surface area contributed by atoms with Crippen molar-refractivity contribution in [1.29, 1.82) is 0 Å². The fourth-order valence-corrected chi connectivity index (χ4v) is 5.66. The number of hydrogen-bond donors (Lipinski definition) is 1. The highest BCUT2D eigenvalue weighted by molar-refractivity contribution is 7.89. The highest BCUT2D eigenvalue weighted by Gasteiger charge is 2.49. The summed E-state index contributed by atoms with van der Waals surface area (Å²) in [6.45, 7) is 3.99. The van der Waals surface area contributed by atoms with E-state index in [0.29, 0.717) is 18.7 Å². The molecule has 0 bridgehead atoms. The van der Waals surface area contributed by atoms with Crippen molar-refractivity contribution >= 4 is 16.0 Å². The zero-order chi connectivity index (χ0) is 17.0. The van der Waals surface area contributed by atoms with Crippen molar-refractivity contribution < 1.29 is 18.3 Å². The van der Waals surface area contributed by atoms with Gasteiger partial charge in [0.25, 0.3) is 0 Å². The molecule has 7 nitrogen and oxygen atoms in total. The number of aliphatic carboxylic acids is 1. The topological polar surface area (TPSA) is 92.5 Å². The molecule has 1 aliphatic carbocycles. The lowest BCUT2D eigenvalue weighted by molar-refractivity contribution is -0.138. The van der Waals surface area contributed by atoms with Crippen LogP contribution < -0.4 is 0 Å². The SMILES string of the molecule is Cn1cc(S(=O)(=O)N2CCC(CC(=O)O)C2(C)C)c(C2CC2)n1. The van der Waals surface area contributed by atoms with Crippen molar-refractivity contribution in [3.05, 3.63) is 11.9 Å². The Morgan fingerprint density at radius 1 is 1.39 bits per heavy atom. The minimum Gasteiger partial charge on any atom is -0.481 e. The van der Waals surface area contributed by atoms with E-state index in [4.69, 9.17) is 5.11 Å². The highest BCUT2D eigenvalue weighted by atomic mass is 32.2. The Kier molecular flexibility index (Phi) is 3.79. The maximum absolute atomic E-state index is 13.2. The van der Waals surface area contributed by atoms with E-state index in [2.05, 4.69) is 5.10 Å². The highest BCUT2D eigenvalue weighted by Crippen LogP contribution is 2.45. The van der Waals surface area contributed by atoms with E-state index in [0.717, 1.165) is 12.8 Å². The normalized spacial score (nSPS) is 24.9. The van der Waals surface area contributed by atoms with Crippen LogP contribution in [-0.4, -0.2) is 45.7 Å². The van der Waals surface area contributed by atoms with Crippen molar-refractivity contribution in [3.8, 4) is 0 Å². The number of rotatable bonds is 5. The standard InChI is InChI=1S/C15H23N3O4S/c1-15(2)11(8-13(19)20)6-7-18(15)23(21,22)12-9-17(3)16-14(12)10-4-5-10/h9-11H,4-8H2,1-3H3,(H,19,20). The molecule has 1 saturated heterocycles. The average molecular weight is 341 g/mol. The van der Waals surface area contributed by atoms with Crippen LogP contribution in [0.1, 0.15) is 51.1 Å². The van der Waals surface area contributed by atoms with Gasteiger partial charge >= 0.3 is 5.97 Å². The Labute approximate surface area is 136 Å². The molecule has 23 heavy (non-hydrogen) atoms. The monoisotopic (exact) mass is 341 g/mol. The third kappa shape index (κ3) is 2.78. The van der Waals surface area contributed by atoms with Crippen molar-refractivity contribution in [1.82, 2.24) is 14.1 Å². The van der Waals surface area contributed by atoms with E-state index in [1.165, 1.54) is 4.31 Å². The molecule has 1 aromatic heterocycles. The third-order valence-corrected chi connectivity index (χ3v) is 7.20. The molecule has 1 atom stereocenters. The van der Waals surface area contributed by atoms with Gasteiger partial charge in [0.05, 0.1) is 5.69 Å². The van der Waals surface area contributed by atoms with Gasteiger partial charge in [-0.2, -0.15) is 9.40 Å². The van der Waals surface area contributed by atoms with E-state index < -0.39 is 21.5 Å². The predicted molar refractivity (Wildman–Crippen MR) is 83.5 cm³/mol. The van der Waals surface area contributed by atoms with Crippen LogP contribution in [0, 0.1) is 5.92 Å². The molecular weight excluding hydrogens is 318 g/mol. The van der Waals surface area contributed by atoms with Crippen molar-refractivity contribution in [2.75, 3.05) is 6.54 Å². The van der Waals surface area contributed by atoms with Gasteiger partial charge in [-0.25, -0.2) is 8.42 Å². The second-order valence-corrected chi connectivity index (χ2v) is 8.97. The molecule has 1 aliphatic heterocycles. The van der Waals surface area contributed by atoms with Gasteiger partial charge in [-0.05, 0) is 39.0 Å². The van der Waals surface area contributed by atoms with E-state index in [-0.39, 0.29) is 23.2 Å². The van der Waals surface area contributed by atoms with Gasteiger partial charge in [0.1, 0.15) is 4.90 Å². The zero-order valence-electron chi connectivity index (χ0n) is 13.7. The summed E-state index contributed by atoms with van der Waals surface area (Å²) in [5, 5.41) is 13.4. The van der Waals surface area contributed by atoms with Gasteiger partial charge < -0.3 is 5.11 Å². The summed E-state index contributed by atoms with van der Waals surface area (Å²) in [5.41, 5.74) is -0.0570. The van der Waals surface area contributed by atoms with Gasteiger partial charge in [0.2, 0.25) is 10.0 Å². The molecule has 2 fully saturated rings. The Morgan fingerprint density at radius 3 is 2.61 bits per heavy atom. The first kappa shape index (κ1) is 16.4. The number of sulfonamides is 1. The second kappa shape index (κ2) is 5.31. The lowest BCUT2D eigenvalue weighted by Crippen LogP contribution is -2.46.